The Hall–Kier alpha value is -4.08. The molecule has 1 aromatic heterocycles. The Kier molecular flexibility index (Phi) is 8.52. The van der Waals surface area contributed by atoms with Gasteiger partial charge < -0.3 is 21.6 Å². The number of carbonyl (C=O) groups excluding carboxylic acids is 1. The normalized spacial score (nSPS) is 20.8. The summed E-state index contributed by atoms with van der Waals surface area (Å²) in [4.78, 5) is 20.0. The standard InChI is InChI=1S/C31H35FN6O2/c1-20(22-3-2-4-25(32)14-22)5-7-26(16-33)35-31(40)30-28-15-23(6-8-29(28)36-37-30)24-13-21(17-34-18-24)19-38-11-9-27(39)10-12-38/h2-7,13-18,20,27,29,36,39H,8-12,19,33H2,1H3,(H,35,40)/b7-5-,26-16+. The summed E-state index contributed by atoms with van der Waals surface area (Å²) in [7, 11) is 0. The van der Waals surface area contributed by atoms with Crippen LogP contribution < -0.4 is 16.5 Å². The molecule has 208 valence electrons. The molecule has 1 amide bonds. The molecular formula is C31H35FN6O2. The number of fused-ring (bicyclic) bond motifs is 1. The molecule has 1 aliphatic carbocycles. The Balaban J connectivity index is 1.25. The zero-order chi connectivity index (χ0) is 28.1. The first-order valence-corrected chi connectivity index (χ1v) is 13.7. The quantitative estimate of drug-likeness (QED) is 0.380. The molecule has 40 heavy (non-hydrogen) atoms. The molecule has 0 radical (unpaired) electrons. The summed E-state index contributed by atoms with van der Waals surface area (Å²) in [6.45, 7) is 4.48. The predicted molar refractivity (Wildman–Crippen MR) is 154 cm³/mol. The first-order chi connectivity index (χ1) is 19.4. The molecule has 1 fully saturated rings. The first kappa shape index (κ1) is 27.5. The van der Waals surface area contributed by atoms with Gasteiger partial charge in [-0.25, -0.2) is 4.39 Å². The Morgan fingerprint density at radius 2 is 2.12 bits per heavy atom. The number of likely N-dealkylation sites (tertiary alicyclic amines) is 1. The lowest BCUT2D eigenvalue weighted by molar-refractivity contribution is -0.114. The number of rotatable bonds is 8. The third kappa shape index (κ3) is 6.55. The SMILES string of the molecule is CC(/C=C\C(=C/N)NC(=O)C1=NNC2CC=C(c3cncc(CN4CCC(O)CC4)c3)C=C12)c1cccc(F)c1. The molecule has 3 heterocycles. The van der Waals surface area contributed by atoms with Gasteiger partial charge in [0.25, 0.3) is 5.91 Å². The minimum Gasteiger partial charge on any atom is -0.403 e. The van der Waals surface area contributed by atoms with Crippen molar-refractivity contribution in [2.75, 3.05) is 13.1 Å². The fourth-order valence-corrected chi connectivity index (χ4v) is 5.19. The van der Waals surface area contributed by atoms with Gasteiger partial charge in [-0.05, 0) is 72.2 Å². The summed E-state index contributed by atoms with van der Waals surface area (Å²) in [5.74, 6) is -0.722. The van der Waals surface area contributed by atoms with Crippen molar-refractivity contribution in [1.82, 2.24) is 20.6 Å². The molecule has 0 spiro atoms. The van der Waals surface area contributed by atoms with Crippen molar-refractivity contribution in [2.45, 2.75) is 50.8 Å². The summed E-state index contributed by atoms with van der Waals surface area (Å²) >= 11 is 0. The van der Waals surface area contributed by atoms with Gasteiger partial charge in [0.1, 0.15) is 5.82 Å². The van der Waals surface area contributed by atoms with Crippen molar-refractivity contribution in [2.24, 2.45) is 10.8 Å². The van der Waals surface area contributed by atoms with E-state index in [4.69, 9.17) is 5.73 Å². The van der Waals surface area contributed by atoms with Gasteiger partial charge in [0.05, 0.1) is 17.8 Å². The number of nitrogens with one attached hydrogen (secondary N) is 2. The Morgan fingerprint density at radius 1 is 1.30 bits per heavy atom. The smallest absolute Gasteiger partial charge is 0.276 e. The monoisotopic (exact) mass is 542 g/mol. The number of allylic oxidation sites excluding steroid dienone is 4. The largest absolute Gasteiger partial charge is 0.403 e. The van der Waals surface area contributed by atoms with Gasteiger partial charge in [-0.1, -0.05) is 31.2 Å². The van der Waals surface area contributed by atoms with E-state index in [0.717, 1.165) is 60.3 Å². The Labute approximate surface area is 233 Å². The number of hydrogen-bond acceptors (Lipinski definition) is 7. The first-order valence-electron chi connectivity index (χ1n) is 13.7. The number of piperidine rings is 1. The van der Waals surface area contributed by atoms with E-state index in [0.29, 0.717) is 17.8 Å². The molecule has 2 aliphatic heterocycles. The van der Waals surface area contributed by atoms with Gasteiger partial charge in [-0.3, -0.25) is 14.7 Å². The van der Waals surface area contributed by atoms with Gasteiger partial charge in [-0.2, -0.15) is 5.10 Å². The highest BCUT2D eigenvalue weighted by Crippen LogP contribution is 2.29. The molecule has 8 nitrogen and oxygen atoms in total. The summed E-state index contributed by atoms with van der Waals surface area (Å²) < 4.78 is 13.6. The number of amides is 1. The van der Waals surface area contributed by atoms with Crippen LogP contribution in [-0.2, 0) is 11.3 Å². The maximum Gasteiger partial charge on any atom is 0.276 e. The molecule has 9 heteroatoms. The molecule has 1 aromatic carbocycles. The third-order valence-electron chi connectivity index (χ3n) is 7.55. The molecule has 0 bridgehead atoms. The van der Waals surface area contributed by atoms with Crippen LogP contribution in [0.25, 0.3) is 5.57 Å². The number of aliphatic hydroxyl groups excluding tert-OH is 1. The molecule has 2 atom stereocenters. The van der Waals surface area contributed by atoms with Gasteiger partial charge in [0.15, 0.2) is 5.71 Å². The molecule has 3 aliphatic rings. The molecule has 2 unspecified atom stereocenters. The molecule has 5 N–H and O–H groups in total. The van der Waals surface area contributed by atoms with Crippen molar-refractivity contribution in [1.29, 1.82) is 0 Å². The average molecular weight is 543 g/mol. The maximum atomic E-state index is 13.6. The predicted octanol–water partition coefficient (Wildman–Crippen LogP) is 3.49. The highest BCUT2D eigenvalue weighted by Gasteiger charge is 2.31. The number of carbonyl (C=O) groups is 1. The Bertz CT molecular complexity index is 1400. The molecule has 2 aromatic rings. The van der Waals surface area contributed by atoms with Crippen molar-refractivity contribution < 1.29 is 14.3 Å². The molecule has 5 rings (SSSR count). The van der Waals surface area contributed by atoms with Crippen LogP contribution in [-0.4, -0.2) is 51.8 Å². The van der Waals surface area contributed by atoms with Gasteiger partial charge in [-0.15, -0.1) is 0 Å². The fourth-order valence-electron chi connectivity index (χ4n) is 5.19. The van der Waals surface area contributed by atoms with E-state index in [1.54, 1.807) is 12.1 Å². The number of pyridine rings is 1. The lowest BCUT2D eigenvalue weighted by Crippen LogP contribution is -2.35. The summed E-state index contributed by atoms with van der Waals surface area (Å²) in [6, 6.07) is 8.49. The minimum absolute atomic E-state index is 0.0722. The second kappa shape index (κ2) is 12.4. The van der Waals surface area contributed by atoms with Gasteiger partial charge in [0.2, 0.25) is 0 Å². The lowest BCUT2D eigenvalue weighted by Gasteiger charge is -2.29. The minimum atomic E-state index is -0.360. The van der Waals surface area contributed by atoms with Crippen molar-refractivity contribution >= 4 is 17.2 Å². The van der Waals surface area contributed by atoms with E-state index in [1.807, 2.05) is 37.5 Å². The van der Waals surface area contributed by atoms with Crippen molar-refractivity contribution in [3.05, 3.63) is 107 Å². The van der Waals surface area contributed by atoms with E-state index in [-0.39, 0.29) is 29.8 Å². The zero-order valence-corrected chi connectivity index (χ0v) is 22.6. The van der Waals surface area contributed by atoms with Crippen LogP contribution in [0.4, 0.5) is 4.39 Å². The topological polar surface area (TPSA) is 116 Å². The second-order valence-electron chi connectivity index (χ2n) is 10.5. The van der Waals surface area contributed by atoms with Crippen LogP contribution in [0.5, 0.6) is 0 Å². The van der Waals surface area contributed by atoms with Crippen LogP contribution in [0, 0.1) is 5.82 Å². The average Bonchev–Trinajstić information content (AvgIpc) is 3.40. The van der Waals surface area contributed by atoms with Crippen LogP contribution >= 0.6 is 0 Å². The van der Waals surface area contributed by atoms with E-state index < -0.39 is 0 Å². The lowest BCUT2D eigenvalue weighted by atomic mass is 9.89. The highest BCUT2D eigenvalue weighted by atomic mass is 19.1. The number of nitrogens with two attached hydrogens (primary N) is 1. The molecular weight excluding hydrogens is 507 g/mol. The van der Waals surface area contributed by atoms with Crippen LogP contribution in [0.1, 0.15) is 48.8 Å². The van der Waals surface area contributed by atoms with Gasteiger partial charge >= 0.3 is 0 Å². The molecule has 0 saturated carbocycles. The second-order valence-corrected chi connectivity index (χ2v) is 10.5. The molecule has 1 saturated heterocycles. The van der Waals surface area contributed by atoms with Crippen LogP contribution in [0.2, 0.25) is 0 Å². The zero-order valence-electron chi connectivity index (χ0n) is 22.6. The number of hydrazone groups is 1. The van der Waals surface area contributed by atoms with Crippen molar-refractivity contribution in [3.8, 4) is 0 Å². The number of benzene rings is 1. The maximum absolute atomic E-state index is 13.6. The summed E-state index contributed by atoms with van der Waals surface area (Å²) in [5.41, 5.74) is 14.3. The van der Waals surface area contributed by atoms with E-state index >= 15 is 0 Å². The van der Waals surface area contributed by atoms with E-state index in [2.05, 4.69) is 37.9 Å². The van der Waals surface area contributed by atoms with Crippen LogP contribution in [0.15, 0.2) is 89.6 Å². The van der Waals surface area contributed by atoms with Crippen LogP contribution in [0.3, 0.4) is 0 Å². The number of halogens is 1. The summed E-state index contributed by atoms with van der Waals surface area (Å²) in [5, 5.41) is 17.0. The number of hydrogen-bond donors (Lipinski definition) is 4. The van der Waals surface area contributed by atoms with Gasteiger partial charge in [0, 0.05) is 49.4 Å². The summed E-state index contributed by atoms with van der Waals surface area (Å²) in [6.07, 6.45) is 14.9. The Morgan fingerprint density at radius 3 is 2.90 bits per heavy atom. The number of nitrogens with zero attached hydrogens (tertiary/aromatic N) is 3. The van der Waals surface area contributed by atoms with E-state index in [1.165, 1.54) is 18.3 Å². The van der Waals surface area contributed by atoms with E-state index in [9.17, 15) is 14.3 Å². The third-order valence-corrected chi connectivity index (χ3v) is 7.55. The number of aromatic nitrogens is 1. The fraction of sp³-hybridized carbons (Fsp3) is 0.323. The van der Waals surface area contributed by atoms with Crippen molar-refractivity contribution in [3.63, 3.8) is 0 Å². The highest BCUT2D eigenvalue weighted by molar-refractivity contribution is 6.46. The number of aliphatic hydroxyl groups is 1.